The molecule has 0 aliphatic heterocycles. The molecule has 0 heterocycles. The van der Waals surface area contributed by atoms with Gasteiger partial charge in [-0.1, -0.05) is 104 Å². The first kappa shape index (κ1) is 31.9. The summed E-state index contributed by atoms with van der Waals surface area (Å²) in [6, 6.07) is 30.7. The third-order valence-corrected chi connectivity index (χ3v) is 9.96. The fourth-order valence-electron chi connectivity index (χ4n) is 5.75. The van der Waals surface area contributed by atoms with Gasteiger partial charge in [0.05, 0.1) is 10.6 Å². The number of hydrogen-bond acceptors (Lipinski definition) is 4. The van der Waals surface area contributed by atoms with Crippen molar-refractivity contribution in [3.05, 3.63) is 132 Å². The van der Waals surface area contributed by atoms with Crippen LogP contribution < -0.4 is 9.62 Å². The smallest absolute Gasteiger partial charge is 0.264 e. The van der Waals surface area contributed by atoms with Gasteiger partial charge in [-0.3, -0.25) is 13.9 Å². The lowest BCUT2D eigenvalue weighted by Gasteiger charge is -2.35. The predicted molar refractivity (Wildman–Crippen MR) is 173 cm³/mol. The SMILES string of the molecule is O=C(NC1CCCCC1)[C@@H](Cc1ccccc1)N(Cc1ccccc1F)C(=O)CN(c1ccccc1)S(=O)(=O)c1ccccc1. The molecule has 0 spiro atoms. The van der Waals surface area contributed by atoms with Crippen molar-refractivity contribution in [2.24, 2.45) is 0 Å². The van der Waals surface area contributed by atoms with Crippen LogP contribution in [-0.4, -0.2) is 43.8 Å². The standard InChI is InChI=1S/C36H38FN3O4S/c37-33-24-14-13-17-29(33)26-39(34(25-28-15-5-1-6-16-28)36(42)38-30-18-7-2-8-19-30)35(41)27-40(31-20-9-3-10-21-31)45(43,44)32-22-11-4-12-23-32/h1,3-6,9-17,20-24,30,34H,2,7-8,18-19,25-27H2,(H,38,42)/t34-/m1/s1. The number of benzene rings is 4. The molecule has 0 aromatic heterocycles. The number of rotatable bonds is 12. The molecule has 0 unspecified atom stereocenters. The molecule has 0 bridgehead atoms. The largest absolute Gasteiger partial charge is 0.352 e. The molecule has 1 saturated carbocycles. The Balaban J connectivity index is 1.55. The van der Waals surface area contributed by atoms with E-state index < -0.39 is 34.3 Å². The second kappa shape index (κ2) is 15.0. The molecule has 234 valence electrons. The number of para-hydroxylation sites is 1. The van der Waals surface area contributed by atoms with Crippen molar-refractivity contribution in [2.75, 3.05) is 10.8 Å². The van der Waals surface area contributed by atoms with E-state index in [1.807, 2.05) is 30.3 Å². The highest BCUT2D eigenvalue weighted by atomic mass is 32.2. The lowest BCUT2D eigenvalue weighted by molar-refractivity contribution is -0.140. The maximum absolute atomic E-state index is 15.1. The summed E-state index contributed by atoms with van der Waals surface area (Å²) in [5, 5.41) is 3.16. The topological polar surface area (TPSA) is 86.8 Å². The van der Waals surface area contributed by atoms with E-state index >= 15 is 4.39 Å². The lowest BCUT2D eigenvalue weighted by Crippen LogP contribution is -2.55. The van der Waals surface area contributed by atoms with E-state index in [0.29, 0.717) is 5.69 Å². The number of hydrogen-bond donors (Lipinski definition) is 1. The van der Waals surface area contributed by atoms with E-state index in [2.05, 4.69) is 5.32 Å². The molecule has 7 nitrogen and oxygen atoms in total. The van der Waals surface area contributed by atoms with Gasteiger partial charge in [0, 0.05) is 24.6 Å². The molecular formula is C36H38FN3O4S. The highest BCUT2D eigenvalue weighted by molar-refractivity contribution is 7.92. The molecule has 4 aromatic carbocycles. The van der Waals surface area contributed by atoms with Gasteiger partial charge in [-0.2, -0.15) is 0 Å². The van der Waals surface area contributed by atoms with Gasteiger partial charge in [-0.05, 0) is 48.7 Å². The minimum Gasteiger partial charge on any atom is -0.352 e. The minimum atomic E-state index is -4.18. The molecule has 1 aliphatic rings. The van der Waals surface area contributed by atoms with Gasteiger partial charge in [0.15, 0.2) is 0 Å². The maximum atomic E-state index is 15.1. The zero-order valence-electron chi connectivity index (χ0n) is 25.1. The number of amides is 2. The number of carbonyl (C=O) groups excluding carboxylic acids is 2. The lowest BCUT2D eigenvalue weighted by atomic mass is 9.94. The van der Waals surface area contributed by atoms with Gasteiger partial charge in [0.1, 0.15) is 18.4 Å². The number of nitrogens with zero attached hydrogens (tertiary/aromatic N) is 2. The highest BCUT2D eigenvalue weighted by Gasteiger charge is 2.35. The third kappa shape index (κ3) is 8.16. The average Bonchev–Trinajstić information content (AvgIpc) is 3.07. The Labute approximate surface area is 264 Å². The van der Waals surface area contributed by atoms with Crippen molar-refractivity contribution in [3.8, 4) is 0 Å². The van der Waals surface area contributed by atoms with Crippen LogP contribution in [0, 0.1) is 5.82 Å². The van der Waals surface area contributed by atoms with Crippen molar-refractivity contribution >= 4 is 27.5 Å². The van der Waals surface area contributed by atoms with Crippen molar-refractivity contribution < 1.29 is 22.4 Å². The summed E-state index contributed by atoms with van der Waals surface area (Å²) >= 11 is 0. The molecule has 9 heteroatoms. The molecule has 5 rings (SSSR count). The summed E-state index contributed by atoms with van der Waals surface area (Å²) in [5.74, 6) is -1.48. The Hall–Kier alpha value is -4.50. The molecule has 1 atom stereocenters. The van der Waals surface area contributed by atoms with Crippen LogP contribution in [0.25, 0.3) is 0 Å². The summed E-state index contributed by atoms with van der Waals surface area (Å²) in [4.78, 5) is 29.9. The normalized spacial score (nSPS) is 14.3. The van der Waals surface area contributed by atoms with E-state index in [1.165, 1.54) is 23.1 Å². The van der Waals surface area contributed by atoms with Crippen LogP contribution in [-0.2, 0) is 32.6 Å². The zero-order valence-corrected chi connectivity index (χ0v) is 25.9. The van der Waals surface area contributed by atoms with Gasteiger partial charge in [0.25, 0.3) is 10.0 Å². The van der Waals surface area contributed by atoms with E-state index in [1.54, 1.807) is 66.7 Å². The van der Waals surface area contributed by atoms with Gasteiger partial charge in [-0.25, -0.2) is 12.8 Å². The van der Waals surface area contributed by atoms with Crippen LogP contribution in [0.2, 0.25) is 0 Å². The van der Waals surface area contributed by atoms with E-state index in [-0.39, 0.29) is 35.4 Å². The van der Waals surface area contributed by atoms with Crippen LogP contribution in [0.5, 0.6) is 0 Å². The second-order valence-corrected chi connectivity index (χ2v) is 13.2. The summed E-state index contributed by atoms with van der Waals surface area (Å²) in [6.07, 6.45) is 5.01. The number of carbonyl (C=O) groups is 2. The Morgan fingerprint density at radius 3 is 2.00 bits per heavy atom. The highest BCUT2D eigenvalue weighted by Crippen LogP contribution is 2.25. The Kier molecular flexibility index (Phi) is 10.6. The fourth-order valence-corrected chi connectivity index (χ4v) is 7.19. The van der Waals surface area contributed by atoms with Crippen molar-refractivity contribution in [1.29, 1.82) is 0 Å². The van der Waals surface area contributed by atoms with Gasteiger partial charge in [-0.15, -0.1) is 0 Å². The van der Waals surface area contributed by atoms with Crippen LogP contribution in [0.4, 0.5) is 10.1 Å². The van der Waals surface area contributed by atoms with Crippen LogP contribution in [0.15, 0.2) is 120 Å². The average molecular weight is 628 g/mol. The monoisotopic (exact) mass is 627 g/mol. The molecule has 0 saturated heterocycles. The Bertz CT molecular complexity index is 1660. The summed E-state index contributed by atoms with van der Waals surface area (Å²) in [6.45, 7) is -0.799. The summed E-state index contributed by atoms with van der Waals surface area (Å²) in [7, 11) is -4.18. The summed E-state index contributed by atoms with van der Waals surface area (Å²) < 4.78 is 44.1. The first-order valence-electron chi connectivity index (χ1n) is 15.3. The molecule has 1 aliphatic carbocycles. The van der Waals surface area contributed by atoms with Gasteiger partial charge < -0.3 is 10.2 Å². The first-order chi connectivity index (χ1) is 21.8. The van der Waals surface area contributed by atoms with E-state index in [9.17, 15) is 18.0 Å². The second-order valence-electron chi connectivity index (χ2n) is 11.3. The number of nitrogens with one attached hydrogen (secondary N) is 1. The van der Waals surface area contributed by atoms with Crippen molar-refractivity contribution in [3.63, 3.8) is 0 Å². The van der Waals surface area contributed by atoms with Crippen LogP contribution in [0.1, 0.15) is 43.2 Å². The Morgan fingerprint density at radius 1 is 0.778 bits per heavy atom. The predicted octanol–water partition coefficient (Wildman–Crippen LogP) is 6.11. The zero-order chi connectivity index (χ0) is 31.6. The van der Waals surface area contributed by atoms with Crippen LogP contribution >= 0.6 is 0 Å². The number of halogens is 1. The van der Waals surface area contributed by atoms with Crippen LogP contribution in [0.3, 0.4) is 0 Å². The quantitative estimate of drug-likeness (QED) is 0.205. The molecule has 0 radical (unpaired) electrons. The van der Waals surface area contributed by atoms with Gasteiger partial charge >= 0.3 is 0 Å². The third-order valence-electron chi connectivity index (χ3n) is 8.18. The van der Waals surface area contributed by atoms with Crippen molar-refractivity contribution in [1.82, 2.24) is 10.2 Å². The Morgan fingerprint density at radius 2 is 1.36 bits per heavy atom. The summed E-state index contributed by atoms with van der Waals surface area (Å²) in [5.41, 5.74) is 1.35. The minimum absolute atomic E-state index is 0.0192. The molecular weight excluding hydrogens is 589 g/mol. The molecule has 45 heavy (non-hydrogen) atoms. The molecule has 1 fully saturated rings. The fraction of sp³-hybridized carbons (Fsp3) is 0.278. The maximum Gasteiger partial charge on any atom is 0.264 e. The van der Waals surface area contributed by atoms with Crippen molar-refractivity contribution in [2.45, 2.75) is 62.0 Å². The van der Waals surface area contributed by atoms with E-state index in [0.717, 1.165) is 42.0 Å². The molecule has 4 aromatic rings. The number of sulfonamides is 1. The van der Waals surface area contributed by atoms with Gasteiger partial charge in [0.2, 0.25) is 11.8 Å². The molecule has 1 N–H and O–H groups in total. The number of anilines is 1. The molecule has 2 amide bonds. The van der Waals surface area contributed by atoms with E-state index in [4.69, 9.17) is 0 Å². The first-order valence-corrected chi connectivity index (χ1v) is 16.8.